The summed E-state index contributed by atoms with van der Waals surface area (Å²) in [4.78, 5) is 21.3. The predicted octanol–water partition coefficient (Wildman–Crippen LogP) is 5.94. The number of rotatable bonds is 7. The highest BCUT2D eigenvalue weighted by atomic mass is 15.2. The van der Waals surface area contributed by atoms with Crippen molar-refractivity contribution in [2.75, 3.05) is 18.4 Å². The number of hydrogen-bond donors (Lipinski definition) is 4. The van der Waals surface area contributed by atoms with Crippen LogP contribution in [0, 0.1) is 5.92 Å². The van der Waals surface area contributed by atoms with E-state index in [4.69, 9.17) is 0 Å². The smallest absolute Gasteiger partial charge is 0.181 e. The van der Waals surface area contributed by atoms with Gasteiger partial charge in [0.25, 0.3) is 0 Å². The van der Waals surface area contributed by atoms with Crippen LogP contribution in [0.2, 0.25) is 0 Å². The summed E-state index contributed by atoms with van der Waals surface area (Å²) in [7, 11) is 0. The van der Waals surface area contributed by atoms with E-state index in [0.29, 0.717) is 11.6 Å². The fourth-order valence-corrected chi connectivity index (χ4v) is 5.56. The van der Waals surface area contributed by atoms with Crippen LogP contribution >= 0.6 is 0 Å². The number of hydrogen-bond acceptors (Lipinski definition) is 7. The van der Waals surface area contributed by atoms with Crippen molar-refractivity contribution in [3.05, 3.63) is 85.9 Å². The summed E-state index contributed by atoms with van der Waals surface area (Å²) >= 11 is 0. The molecule has 1 aliphatic heterocycles. The summed E-state index contributed by atoms with van der Waals surface area (Å²) in [6.07, 6.45) is 14.3. The zero-order chi connectivity index (χ0) is 26.9. The Kier molecular flexibility index (Phi) is 6.25. The number of aromatic amines is 2. The van der Waals surface area contributed by atoms with Gasteiger partial charge in [-0.05, 0) is 85.8 Å². The SMILES string of the molecule is C=C(CC1CCNCC1)Nc1cncc(-c2cnc3n[nH]c(-c4cc5c(-c6ccncc6)ccnc5[nH]4)c3c2)c1. The Morgan fingerprint density at radius 1 is 0.875 bits per heavy atom. The average molecular weight is 528 g/mol. The van der Waals surface area contributed by atoms with Gasteiger partial charge in [-0.25, -0.2) is 9.97 Å². The molecule has 0 radical (unpaired) electrons. The van der Waals surface area contributed by atoms with E-state index in [2.05, 4.69) is 70.5 Å². The van der Waals surface area contributed by atoms with Crippen molar-refractivity contribution in [3.8, 4) is 33.6 Å². The number of piperidine rings is 1. The normalized spacial score (nSPS) is 14.1. The van der Waals surface area contributed by atoms with E-state index in [-0.39, 0.29) is 0 Å². The van der Waals surface area contributed by atoms with Gasteiger partial charge < -0.3 is 15.6 Å². The molecule has 0 saturated carbocycles. The van der Waals surface area contributed by atoms with E-state index in [9.17, 15) is 0 Å². The molecule has 9 heteroatoms. The minimum atomic E-state index is 0.650. The van der Waals surface area contributed by atoms with Gasteiger partial charge in [-0.15, -0.1) is 0 Å². The lowest BCUT2D eigenvalue weighted by Gasteiger charge is -2.23. The first-order valence-corrected chi connectivity index (χ1v) is 13.5. The number of nitrogens with one attached hydrogen (secondary N) is 4. The van der Waals surface area contributed by atoms with Gasteiger partial charge in [0.1, 0.15) is 5.65 Å². The van der Waals surface area contributed by atoms with Crippen LogP contribution in [0.1, 0.15) is 19.3 Å². The topological polar surface area (TPSA) is 120 Å². The summed E-state index contributed by atoms with van der Waals surface area (Å²) in [6, 6.07) is 12.3. The second-order valence-corrected chi connectivity index (χ2v) is 10.3. The molecule has 198 valence electrons. The van der Waals surface area contributed by atoms with Crippen molar-refractivity contribution in [2.45, 2.75) is 19.3 Å². The number of H-pyrrole nitrogens is 2. The Labute approximate surface area is 231 Å². The number of nitrogens with zero attached hydrogens (tertiary/aromatic N) is 5. The Morgan fingerprint density at radius 3 is 2.60 bits per heavy atom. The van der Waals surface area contributed by atoms with E-state index < -0.39 is 0 Å². The van der Waals surface area contributed by atoms with Gasteiger partial charge >= 0.3 is 0 Å². The third-order valence-corrected chi connectivity index (χ3v) is 7.59. The molecule has 1 saturated heterocycles. The number of allylic oxidation sites excluding steroid dienone is 1. The molecule has 40 heavy (non-hydrogen) atoms. The monoisotopic (exact) mass is 527 g/mol. The maximum Gasteiger partial charge on any atom is 0.181 e. The van der Waals surface area contributed by atoms with Crippen molar-refractivity contribution in [3.63, 3.8) is 0 Å². The van der Waals surface area contributed by atoms with Crippen LogP contribution in [0.25, 0.3) is 55.7 Å². The summed E-state index contributed by atoms with van der Waals surface area (Å²) in [5, 5.41) is 16.5. The number of anilines is 1. The molecule has 0 amide bonds. The van der Waals surface area contributed by atoms with Crippen molar-refractivity contribution >= 4 is 27.8 Å². The molecule has 0 aromatic carbocycles. The van der Waals surface area contributed by atoms with E-state index in [1.807, 2.05) is 43.0 Å². The van der Waals surface area contributed by atoms with Gasteiger partial charge in [0.05, 0.1) is 23.3 Å². The van der Waals surface area contributed by atoms with Gasteiger partial charge in [0.2, 0.25) is 0 Å². The van der Waals surface area contributed by atoms with Crippen LogP contribution in [0.4, 0.5) is 5.69 Å². The van der Waals surface area contributed by atoms with Crippen LogP contribution in [0.15, 0.2) is 85.9 Å². The van der Waals surface area contributed by atoms with Gasteiger partial charge in [0.15, 0.2) is 5.65 Å². The molecular formula is C31H29N9. The van der Waals surface area contributed by atoms with Gasteiger partial charge in [-0.2, -0.15) is 5.10 Å². The van der Waals surface area contributed by atoms with E-state index in [1.165, 1.54) is 12.8 Å². The summed E-state index contributed by atoms with van der Waals surface area (Å²) in [5.41, 5.74) is 9.28. The first-order chi connectivity index (χ1) is 19.7. The van der Waals surface area contributed by atoms with E-state index in [0.717, 1.165) is 81.0 Å². The molecular weight excluding hydrogens is 498 g/mol. The Hall–Kier alpha value is -4.89. The Morgan fingerprint density at radius 2 is 1.73 bits per heavy atom. The zero-order valence-corrected chi connectivity index (χ0v) is 22.0. The lowest BCUT2D eigenvalue weighted by atomic mass is 9.93. The van der Waals surface area contributed by atoms with Crippen LogP contribution in [-0.2, 0) is 0 Å². The molecule has 0 spiro atoms. The van der Waals surface area contributed by atoms with E-state index >= 15 is 0 Å². The fourth-order valence-electron chi connectivity index (χ4n) is 5.56. The number of fused-ring (bicyclic) bond motifs is 2. The van der Waals surface area contributed by atoms with Crippen molar-refractivity contribution in [1.29, 1.82) is 0 Å². The maximum absolute atomic E-state index is 4.64. The standard InChI is InChI=1S/C31H29N9/c1-19(12-20-2-7-32-8-3-20)37-24-13-22(16-34-18-24)23-14-27-29(39-40-31(27)36-17-23)28-15-26-25(6-11-35-30(26)38-28)21-4-9-33-10-5-21/h4-6,9-11,13-18,20,32,37H,1-3,7-8,12H2,(H,35,38)(H,36,39,40). The van der Waals surface area contributed by atoms with Crippen LogP contribution in [-0.4, -0.2) is 48.2 Å². The largest absolute Gasteiger partial charge is 0.358 e. The molecule has 7 rings (SSSR count). The predicted molar refractivity (Wildman–Crippen MR) is 158 cm³/mol. The molecule has 1 aliphatic rings. The lowest BCUT2D eigenvalue weighted by Crippen LogP contribution is -2.28. The maximum atomic E-state index is 4.64. The highest BCUT2D eigenvalue weighted by Gasteiger charge is 2.16. The third-order valence-electron chi connectivity index (χ3n) is 7.59. The van der Waals surface area contributed by atoms with Gasteiger partial charge in [0, 0.05) is 58.6 Å². The summed E-state index contributed by atoms with van der Waals surface area (Å²) in [5.74, 6) is 0.670. The second kappa shape index (κ2) is 10.3. The number of aromatic nitrogens is 7. The summed E-state index contributed by atoms with van der Waals surface area (Å²) < 4.78 is 0. The first-order valence-electron chi connectivity index (χ1n) is 13.5. The molecule has 0 bridgehead atoms. The molecule has 0 atom stereocenters. The fraction of sp³-hybridized carbons (Fsp3) is 0.194. The zero-order valence-electron chi connectivity index (χ0n) is 22.0. The highest BCUT2D eigenvalue weighted by Crippen LogP contribution is 2.34. The molecule has 4 N–H and O–H groups in total. The highest BCUT2D eigenvalue weighted by molar-refractivity contribution is 5.99. The summed E-state index contributed by atoms with van der Waals surface area (Å²) in [6.45, 7) is 6.44. The molecule has 1 fully saturated rings. The average Bonchev–Trinajstić information content (AvgIpc) is 3.62. The molecule has 7 heterocycles. The molecule has 9 nitrogen and oxygen atoms in total. The molecule has 0 aliphatic carbocycles. The van der Waals surface area contributed by atoms with Crippen molar-refractivity contribution < 1.29 is 0 Å². The minimum absolute atomic E-state index is 0.650. The van der Waals surface area contributed by atoms with Gasteiger partial charge in [-0.3, -0.25) is 15.1 Å². The van der Waals surface area contributed by atoms with Crippen LogP contribution in [0.3, 0.4) is 0 Å². The number of pyridine rings is 4. The van der Waals surface area contributed by atoms with Crippen LogP contribution < -0.4 is 10.6 Å². The second-order valence-electron chi connectivity index (χ2n) is 10.3. The molecule has 0 unspecified atom stereocenters. The minimum Gasteiger partial charge on any atom is -0.358 e. The Balaban J connectivity index is 1.19. The first kappa shape index (κ1) is 24.2. The van der Waals surface area contributed by atoms with Gasteiger partial charge in [-0.1, -0.05) is 6.58 Å². The molecule has 6 aromatic heterocycles. The third kappa shape index (κ3) is 4.71. The van der Waals surface area contributed by atoms with E-state index in [1.54, 1.807) is 12.4 Å². The van der Waals surface area contributed by atoms with Crippen molar-refractivity contribution in [1.82, 2.24) is 40.4 Å². The quantitative estimate of drug-likeness (QED) is 0.203. The Bertz CT molecular complexity index is 1810. The van der Waals surface area contributed by atoms with Crippen LogP contribution in [0.5, 0.6) is 0 Å². The lowest BCUT2D eigenvalue weighted by molar-refractivity contribution is 0.373. The van der Waals surface area contributed by atoms with Crippen molar-refractivity contribution in [2.24, 2.45) is 5.92 Å². The molecule has 6 aromatic rings.